The lowest BCUT2D eigenvalue weighted by Crippen LogP contribution is -2.38. The Bertz CT molecular complexity index is 688. The number of nitrogens with two attached hydrogens (primary N) is 1. The molecule has 5 heteroatoms. The number of carbonyl (C=O) groups excluding carboxylic acids is 1. The van der Waals surface area contributed by atoms with Crippen LogP contribution in [0.1, 0.15) is 23.6 Å². The molecule has 4 nitrogen and oxygen atoms in total. The van der Waals surface area contributed by atoms with E-state index >= 15 is 0 Å². The van der Waals surface area contributed by atoms with Crippen molar-refractivity contribution < 1.29 is 13.9 Å². The van der Waals surface area contributed by atoms with Gasteiger partial charge in [0.25, 0.3) is 0 Å². The fourth-order valence-electron chi connectivity index (χ4n) is 2.13. The van der Waals surface area contributed by atoms with E-state index in [0.29, 0.717) is 17.9 Å². The number of halogens is 1. The van der Waals surface area contributed by atoms with Gasteiger partial charge < -0.3 is 15.8 Å². The minimum atomic E-state index is -0.383. The maximum atomic E-state index is 13.6. The first kappa shape index (κ1) is 17.0. The van der Waals surface area contributed by atoms with E-state index in [4.69, 9.17) is 10.5 Å². The summed E-state index contributed by atoms with van der Waals surface area (Å²) < 4.78 is 19.3. The van der Waals surface area contributed by atoms with Crippen molar-refractivity contribution in [3.63, 3.8) is 0 Å². The molecule has 0 aliphatic heterocycles. The summed E-state index contributed by atoms with van der Waals surface area (Å²) in [6, 6.07) is 11.9. The Morgan fingerprint density at radius 3 is 2.70 bits per heavy atom. The molecule has 1 amide bonds. The van der Waals surface area contributed by atoms with Crippen LogP contribution in [0.4, 0.5) is 4.39 Å². The zero-order chi connectivity index (χ0) is 16.8. The topological polar surface area (TPSA) is 64.3 Å². The Balaban J connectivity index is 1.97. The van der Waals surface area contributed by atoms with Crippen LogP contribution < -0.4 is 15.8 Å². The van der Waals surface area contributed by atoms with Crippen molar-refractivity contribution in [2.24, 2.45) is 5.73 Å². The number of nitrogens with one attached hydrogen (secondary N) is 1. The normalized spacial score (nSPS) is 12.0. The van der Waals surface area contributed by atoms with Crippen LogP contribution in [0.2, 0.25) is 0 Å². The number of carbonyl (C=O) groups is 1. The number of hydrogen-bond donors (Lipinski definition) is 2. The van der Waals surface area contributed by atoms with Gasteiger partial charge in [-0.25, -0.2) is 4.39 Å². The molecular weight excluding hydrogens is 295 g/mol. The molecule has 0 radical (unpaired) electrons. The SMILES string of the molecule is Cc1cc(CNC(C)C(N)=O)ccc1OCc1ccccc1F. The number of hydrogen-bond acceptors (Lipinski definition) is 3. The van der Waals surface area contributed by atoms with Gasteiger partial charge >= 0.3 is 0 Å². The van der Waals surface area contributed by atoms with E-state index in [0.717, 1.165) is 11.1 Å². The third kappa shape index (κ3) is 4.79. The van der Waals surface area contributed by atoms with E-state index in [2.05, 4.69) is 5.32 Å². The van der Waals surface area contributed by atoms with E-state index in [9.17, 15) is 9.18 Å². The highest BCUT2D eigenvalue weighted by Gasteiger charge is 2.08. The molecule has 0 aliphatic rings. The van der Waals surface area contributed by atoms with Gasteiger partial charge in [0.1, 0.15) is 18.2 Å². The smallest absolute Gasteiger partial charge is 0.234 e. The molecule has 23 heavy (non-hydrogen) atoms. The standard InChI is InChI=1S/C18H21FN2O2/c1-12-9-14(10-21-13(2)18(20)22)7-8-17(12)23-11-15-5-3-4-6-16(15)19/h3-9,13,21H,10-11H2,1-2H3,(H2,20,22). The summed E-state index contributed by atoms with van der Waals surface area (Å²) in [6.07, 6.45) is 0. The van der Waals surface area contributed by atoms with Crippen molar-refractivity contribution in [2.45, 2.75) is 33.0 Å². The second-order valence-electron chi connectivity index (χ2n) is 5.48. The van der Waals surface area contributed by atoms with Gasteiger partial charge in [-0.05, 0) is 37.1 Å². The Kier molecular flexibility index (Phi) is 5.71. The molecular formula is C18H21FN2O2. The highest BCUT2D eigenvalue weighted by Crippen LogP contribution is 2.21. The monoisotopic (exact) mass is 316 g/mol. The zero-order valence-electron chi connectivity index (χ0n) is 13.3. The second-order valence-corrected chi connectivity index (χ2v) is 5.48. The predicted octanol–water partition coefficient (Wildman–Crippen LogP) is 2.68. The number of ether oxygens (including phenoxy) is 1. The van der Waals surface area contributed by atoms with E-state index in [1.807, 2.05) is 25.1 Å². The van der Waals surface area contributed by atoms with Crippen molar-refractivity contribution in [3.8, 4) is 5.75 Å². The summed E-state index contributed by atoms with van der Waals surface area (Å²) in [6.45, 7) is 4.38. The number of benzene rings is 2. The van der Waals surface area contributed by atoms with Crippen LogP contribution in [-0.2, 0) is 17.9 Å². The third-order valence-corrected chi connectivity index (χ3v) is 3.62. The molecule has 1 unspecified atom stereocenters. The maximum absolute atomic E-state index is 13.6. The summed E-state index contributed by atoms with van der Waals surface area (Å²) in [4.78, 5) is 11.0. The fourth-order valence-corrected chi connectivity index (χ4v) is 2.13. The molecule has 0 aliphatic carbocycles. The highest BCUT2D eigenvalue weighted by molar-refractivity contribution is 5.79. The van der Waals surface area contributed by atoms with Crippen LogP contribution in [0.15, 0.2) is 42.5 Å². The molecule has 2 rings (SSSR count). The van der Waals surface area contributed by atoms with Gasteiger partial charge in [-0.15, -0.1) is 0 Å². The first-order valence-electron chi connectivity index (χ1n) is 7.46. The van der Waals surface area contributed by atoms with Crippen molar-refractivity contribution in [1.82, 2.24) is 5.32 Å². The molecule has 1 atom stereocenters. The molecule has 0 saturated heterocycles. The molecule has 2 aromatic rings. The van der Waals surface area contributed by atoms with Crippen molar-refractivity contribution in [1.29, 1.82) is 0 Å². The molecule has 0 fully saturated rings. The van der Waals surface area contributed by atoms with Crippen LogP contribution in [-0.4, -0.2) is 11.9 Å². The number of aryl methyl sites for hydroxylation is 1. The van der Waals surface area contributed by atoms with Gasteiger partial charge in [0.05, 0.1) is 6.04 Å². The zero-order valence-corrected chi connectivity index (χ0v) is 13.3. The van der Waals surface area contributed by atoms with E-state index in [1.165, 1.54) is 6.07 Å². The summed E-state index contributed by atoms with van der Waals surface area (Å²) in [5.74, 6) is 0.0536. The van der Waals surface area contributed by atoms with E-state index < -0.39 is 0 Å². The second kappa shape index (κ2) is 7.74. The summed E-state index contributed by atoms with van der Waals surface area (Å²) in [5, 5.41) is 3.05. The number of primary amides is 1. The lowest BCUT2D eigenvalue weighted by molar-refractivity contribution is -0.119. The Labute approximate surface area is 135 Å². The van der Waals surface area contributed by atoms with Crippen LogP contribution in [0.3, 0.4) is 0 Å². The largest absolute Gasteiger partial charge is 0.489 e. The third-order valence-electron chi connectivity index (χ3n) is 3.62. The Morgan fingerprint density at radius 2 is 2.04 bits per heavy atom. The van der Waals surface area contributed by atoms with Gasteiger partial charge in [0.2, 0.25) is 5.91 Å². The Morgan fingerprint density at radius 1 is 1.30 bits per heavy atom. The Hall–Kier alpha value is -2.40. The fraction of sp³-hybridized carbons (Fsp3) is 0.278. The van der Waals surface area contributed by atoms with Crippen LogP contribution in [0.25, 0.3) is 0 Å². The summed E-state index contributed by atoms with van der Waals surface area (Å²) in [7, 11) is 0. The molecule has 0 spiro atoms. The summed E-state index contributed by atoms with van der Waals surface area (Å²) in [5.41, 5.74) is 7.70. The van der Waals surface area contributed by atoms with Gasteiger partial charge in [0.15, 0.2) is 0 Å². The minimum Gasteiger partial charge on any atom is -0.489 e. The quantitative estimate of drug-likeness (QED) is 0.825. The molecule has 122 valence electrons. The molecule has 3 N–H and O–H groups in total. The average Bonchev–Trinajstić information content (AvgIpc) is 2.53. The molecule has 0 bridgehead atoms. The van der Waals surface area contributed by atoms with Crippen molar-refractivity contribution >= 4 is 5.91 Å². The van der Waals surface area contributed by atoms with Gasteiger partial charge in [-0.1, -0.05) is 30.3 Å². The van der Waals surface area contributed by atoms with Crippen LogP contribution >= 0.6 is 0 Å². The van der Waals surface area contributed by atoms with Gasteiger partial charge in [-0.2, -0.15) is 0 Å². The minimum absolute atomic E-state index is 0.184. The van der Waals surface area contributed by atoms with Crippen LogP contribution in [0.5, 0.6) is 5.75 Å². The molecule has 2 aromatic carbocycles. The van der Waals surface area contributed by atoms with Crippen molar-refractivity contribution in [3.05, 3.63) is 65.0 Å². The molecule has 0 aromatic heterocycles. The molecule has 0 saturated carbocycles. The number of rotatable bonds is 7. The van der Waals surface area contributed by atoms with Gasteiger partial charge in [0, 0.05) is 12.1 Å². The molecule has 0 heterocycles. The van der Waals surface area contributed by atoms with E-state index in [1.54, 1.807) is 25.1 Å². The average molecular weight is 316 g/mol. The highest BCUT2D eigenvalue weighted by atomic mass is 19.1. The van der Waals surface area contributed by atoms with Gasteiger partial charge in [-0.3, -0.25) is 4.79 Å². The van der Waals surface area contributed by atoms with E-state index in [-0.39, 0.29) is 24.4 Å². The first-order chi connectivity index (χ1) is 11.0. The lowest BCUT2D eigenvalue weighted by atomic mass is 10.1. The summed E-state index contributed by atoms with van der Waals surface area (Å²) >= 11 is 0. The van der Waals surface area contributed by atoms with Crippen molar-refractivity contribution in [2.75, 3.05) is 0 Å². The first-order valence-corrected chi connectivity index (χ1v) is 7.46. The lowest BCUT2D eigenvalue weighted by Gasteiger charge is -2.13. The van der Waals surface area contributed by atoms with Crippen LogP contribution in [0, 0.1) is 12.7 Å². The predicted molar refractivity (Wildman–Crippen MR) is 87.4 cm³/mol. The maximum Gasteiger partial charge on any atom is 0.234 e. The number of amides is 1.